The minimum absolute atomic E-state index is 0.159. The molecule has 6 heteroatoms. The van der Waals surface area contributed by atoms with E-state index in [-0.39, 0.29) is 18.2 Å². The van der Waals surface area contributed by atoms with Crippen LogP contribution in [0, 0.1) is 5.82 Å². The third-order valence-electron chi connectivity index (χ3n) is 2.83. The summed E-state index contributed by atoms with van der Waals surface area (Å²) >= 11 is 17.9. The van der Waals surface area contributed by atoms with E-state index in [1.165, 1.54) is 13.2 Å². The molecule has 0 amide bonds. The number of halogens is 4. The summed E-state index contributed by atoms with van der Waals surface area (Å²) in [7, 11) is 1.41. The van der Waals surface area contributed by atoms with Crippen LogP contribution >= 0.6 is 34.8 Å². The summed E-state index contributed by atoms with van der Waals surface area (Å²) in [5.41, 5.74) is 1.34. The molecule has 0 bridgehead atoms. The zero-order valence-corrected chi connectivity index (χ0v) is 13.4. The first kappa shape index (κ1) is 16.2. The van der Waals surface area contributed by atoms with E-state index in [4.69, 9.17) is 44.3 Å². The maximum Gasteiger partial charge on any atom is 0.165 e. The first-order valence-electron chi connectivity index (χ1n) is 6.04. The van der Waals surface area contributed by atoms with Crippen LogP contribution in [0.2, 0.25) is 10.0 Å². The number of alkyl halides is 1. The van der Waals surface area contributed by atoms with E-state index in [0.29, 0.717) is 26.9 Å². The number of hydrogen-bond acceptors (Lipinski definition) is 2. The fraction of sp³-hybridized carbons (Fsp3) is 0.200. The van der Waals surface area contributed by atoms with Gasteiger partial charge in [-0.2, -0.15) is 0 Å². The van der Waals surface area contributed by atoms with E-state index in [1.807, 2.05) is 0 Å². The van der Waals surface area contributed by atoms with Gasteiger partial charge in [0.25, 0.3) is 0 Å². The Labute approximate surface area is 137 Å². The van der Waals surface area contributed by atoms with Gasteiger partial charge >= 0.3 is 0 Å². The van der Waals surface area contributed by atoms with Gasteiger partial charge in [0.05, 0.1) is 18.0 Å². The van der Waals surface area contributed by atoms with Crippen molar-refractivity contribution in [2.75, 3.05) is 7.11 Å². The van der Waals surface area contributed by atoms with Crippen LogP contribution in [0.15, 0.2) is 30.3 Å². The molecule has 2 rings (SSSR count). The van der Waals surface area contributed by atoms with Gasteiger partial charge in [-0.05, 0) is 29.8 Å². The molecule has 0 spiro atoms. The molecule has 0 aromatic heterocycles. The van der Waals surface area contributed by atoms with Crippen LogP contribution in [0.1, 0.15) is 11.1 Å². The highest BCUT2D eigenvalue weighted by Crippen LogP contribution is 2.34. The number of ether oxygens (including phenoxy) is 2. The molecule has 0 atom stereocenters. The fourth-order valence-electron chi connectivity index (χ4n) is 1.83. The zero-order chi connectivity index (χ0) is 15.4. The topological polar surface area (TPSA) is 18.5 Å². The van der Waals surface area contributed by atoms with Gasteiger partial charge in [-0.1, -0.05) is 29.3 Å². The van der Waals surface area contributed by atoms with Crippen molar-refractivity contribution in [2.24, 2.45) is 0 Å². The van der Waals surface area contributed by atoms with Gasteiger partial charge in [-0.3, -0.25) is 0 Å². The van der Waals surface area contributed by atoms with Crippen LogP contribution in [0.4, 0.5) is 4.39 Å². The zero-order valence-electron chi connectivity index (χ0n) is 11.1. The SMILES string of the molecule is COc1ccc(COc2c(Cl)cc(Cl)cc2CCl)cc1F. The molecule has 21 heavy (non-hydrogen) atoms. The maximum absolute atomic E-state index is 13.6. The molecule has 0 aliphatic carbocycles. The van der Waals surface area contributed by atoms with Gasteiger partial charge in [0.15, 0.2) is 11.6 Å². The lowest BCUT2D eigenvalue weighted by Gasteiger charge is -2.13. The molecule has 2 aromatic rings. The Balaban J connectivity index is 2.18. The lowest BCUT2D eigenvalue weighted by Crippen LogP contribution is -2.00. The molecule has 2 nitrogen and oxygen atoms in total. The molecule has 0 saturated heterocycles. The Morgan fingerprint density at radius 1 is 1.14 bits per heavy atom. The van der Waals surface area contributed by atoms with Crippen molar-refractivity contribution in [1.82, 2.24) is 0 Å². The van der Waals surface area contributed by atoms with Gasteiger partial charge in [-0.25, -0.2) is 4.39 Å². The molecular weight excluding hydrogens is 338 g/mol. The second-order valence-electron chi connectivity index (χ2n) is 4.27. The monoisotopic (exact) mass is 348 g/mol. The molecule has 112 valence electrons. The van der Waals surface area contributed by atoms with Crippen LogP contribution in [0.3, 0.4) is 0 Å². The van der Waals surface area contributed by atoms with Crippen molar-refractivity contribution in [2.45, 2.75) is 12.5 Å². The summed E-state index contributed by atoms with van der Waals surface area (Å²) in [6.45, 7) is 0.159. The highest BCUT2D eigenvalue weighted by molar-refractivity contribution is 6.36. The molecule has 0 radical (unpaired) electrons. The maximum atomic E-state index is 13.6. The molecule has 0 N–H and O–H groups in total. The van der Waals surface area contributed by atoms with E-state index in [0.717, 1.165) is 0 Å². The molecule has 0 aliphatic heterocycles. The van der Waals surface area contributed by atoms with Crippen LogP contribution in [-0.4, -0.2) is 7.11 Å². The van der Waals surface area contributed by atoms with Gasteiger partial charge in [0, 0.05) is 10.6 Å². The van der Waals surface area contributed by atoms with Gasteiger partial charge < -0.3 is 9.47 Å². The largest absolute Gasteiger partial charge is 0.494 e. The van der Waals surface area contributed by atoms with Crippen LogP contribution in [0.25, 0.3) is 0 Å². The standard InChI is InChI=1S/C15H12Cl3FO2/c1-20-14-3-2-9(4-13(14)19)8-21-15-10(7-16)5-11(17)6-12(15)18/h2-6H,7-8H2,1H3. The summed E-state index contributed by atoms with van der Waals surface area (Å²) < 4.78 is 24.1. The van der Waals surface area contributed by atoms with Crippen molar-refractivity contribution in [3.8, 4) is 11.5 Å². The predicted molar refractivity (Wildman–Crippen MR) is 83.3 cm³/mol. The minimum atomic E-state index is -0.446. The Hall–Kier alpha value is -1.16. The first-order chi connectivity index (χ1) is 10.0. The second kappa shape index (κ2) is 7.21. The summed E-state index contributed by atoms with van der Waals surface area (Å²) in [6.07, 6.45) is 0. The average Bonchev–Trinajstić information content (AvgIpc) is 2.45. The van der Waals surface area contributed by atoms with Crippen LogP contribution in [-0.2, 0) is 12.5 Å². The van der Waals surface area contributed by atoms with Crippen molar-refractivity contribution >= 4 is 34.8 Å². The lowest BCUT2D eigenvalue weighted by atomic mass is 10.2. The molecule has 0 unspecified atom stereocenters. The number of rotatable bonds is 5. The highest BCUT2D eigenvalue weighted by Gasteiger charge is 2.11. The first-order valence-corrected chi connectivity index (χ1v) is 7.33. The molecular formula is C15H12Cl3FO2. The van der Waals surface area contributed by atoms with E-state index in [2.05, 4.69) is 0 Å². The summed E-state index contributed by atoms with van der Waals surface area (Å²) in [5.74, 6) is 0.405. The lowest BCUT2D eigenvalue weighted by molar-refractivity contribution is 0.302. The molecule has 0 heterocycles. The summed E-state index contributed by atoms with van der Waals surface area (Å²) in [4.78, 5) is 0. The summed E-state index contributed by atoms with van der Waals surface area (Å²) in [5, 5.41) is 0.852. The van der Waals surface area contributed by atoms with Crippen molar-refractivity contribution in [3.05, 3.63) is 57.3 Å². The highest BCUT2D eigenvalue weighted by atomic mass is 35.5. The minimum Gasteiger partial charge on any atom is -0.494 e. The molecule has 2 aromatic carbocycles. The molecule has 0 saturated carbocycles. The molecule has 0 fully saturated rings. The Morgan fingerprint density at radius 2 is 1.90 bits per heavy atom. The quantitative estimate of drug-likeness (QED) is 0.667. The third kappa shape index (κ3) is 3.94. The van der Waals surface area contributed by atoms with Crippen LogP contribution < -0.4 is 9.47 Å². The van der Waals surface area contributed by atoms with Crippen LogP contribution in [0.5, 0.6) is 11.5 Å². The smallest absolute Gasteiger partial charge is 0.165 e. The number of benzene rings is 2. The predicted octanol–water partition coefficient (Wildman–Crippen LogP) is 5.46. The van der Waals surface area contributed by atoms with Gasteiger partial charge in [-0.15, -0.1) is 11.6 Å². The third-order valence-corrected chi connectivity index (χ3v) is 3.62. The van der Waals surface area contributed by atoms with Crippen molar-refractivity contribution in [3.63, 3.8) is 0 Å². The van der Waals surface area contributed by atoms with Crippen molar-refractivity contribution in [1.29, 1.82) is 0 Å². The Kier molecular flexibility index (Phi) is 5.57. The second-order valence-corrected chi connectivity index (χ2v) is 5.38. The number of hydrogen-bond donors (Lipinski definition) is 0. The van der Waals surface area contributed by atoms with E-state index in [1.54, 1.807) is 24.3 Å². The van der Waals surface area contributed by atoms with E-state index in [9.17, 15) is 4.39 Å². The summed E-state index contributed by atoms with van der Waals surface area (Å²) in [6, 6.07) is 7.86. The average molecular weight is 350 g/mol. The van der Waals surface area contributed by atoms with Gasteiger partial charge in [0.1, 0.15) is 12.4 Å². The van der Waals surface area contributed by atoms with Crippen molar-refractivity contribution < 1.29 is 13.9 Å². The fourth-order valence-corrected chi connectivity index (χ4v) is 2.62. The Bertz CT molecular complexity index is 647. The van der Waals surface area contributed by atoms with Gasteiger partial charge in [0.2, 0.25) is 0 Å². The normalized spacial score (nSPS) is 10.5. The number of methoxy groups -OCH3 is 1. The molecule has 0 aliphatic rings. The van der Waals surface area contributed by atoms with E-state index < -0.39 is 5.82 Å². The Morgan fingerprint density at radius 3 is 2.52 bits per heavy atom. The van der Waals surface area contributed by atoms with E-state index >= 15 is 0 Å².